The third-order valence-corrected chi connectivity index (χ3v) is 2.62. The first-order chi connectivity index (χ1) is 7.75. The minimum Gasteiger partial charge on any atom is -0.483 e. The van der Waals surface area contributed by atoms with Crippen molar-refractivity contribution >= 4 is 15.9 Å². The van der Waals surface area contributed by atoms with Crippen LogP contribution >= 0.6 is 15.9 Å². The molecular formula is C12H10BrNO2. The summed E-state index contributed by atoms with van der Waals surface area (Å²) in [6.07, 6.45) is 1.58. The molecule has 2 rings (SSSR count). The molecule has 0 fully saturated rings. The number of ether oxygens (including phenoxy) is 1. The Bertz CT molecular complexity index is 519. The van der Waals surface area contributed by atoms with Crippen LogP contribution in [0, 0.1) is 0 Å². The van der Waals surface area contributed by atoms with E-state index in [1.807, 2.05) is 24.3 Å². The van der Waals surface area contributed by atoms with Gasteiger partial charge in [0.1, 0.15) is 6.61 Å². The quantitative estimate of drug-likeness (QED) is 0.939. The minimum atomic E-state index is -0.209. The first-order valence-corrected chi connectivity index (χ1v) is 5.60. The monoisotopic (exact) mass is 279 g/mol. The van der Waals surface area contributed by atoms with Gasteiger partial charge in [-0.3, -0.25) is 4.79 Å². The highest BCUT2D eigenvalue weighted by molar-refractivity contribution is 9.10. The molecule has 0 saturated carbocycles. The first kappa shape index (κ1) is 11.0. The Hall–Kier alpha value is -1.55. The molecule has 1 aromatic heterocycles. The topological polar surface area (TPSA) is 42.1 Å². The Morgan fingerprint density at radius 2 is 1.94 bits per heavy atom. The van der Waals surface area contributed by atoms with E-state index >= 15 is 0 Å². The van der Waals surface area contributed by atoms with E-state index in [2.05, 4.69) is 20.9 Å². The highest BCUT2D eigenvalue weighted by Gasteiger charge is 1.99. The van der Waals surface area contributed by atoms with Gasteiger partial charge in [-0.15, -0.1) is 0 Å². The van der Waals surface area contributed by atoms with Gasteiger partial charge in [-0.2, -0.15) is 0 Å². The van der Waals surface area contributed by atoms with Crippen molar-refractivity contribution in [2.24, 2.45) is 0 Å². The average molecular weight is 280 g/mol. The fraction of sp³-hybridized carbons (Fsp3) is 0.0833. The molecule has 0 amide bonds. The number of aromatic amines is 1. The van der Waals surface area contributed by atoms with Crippen LogP contribution in [0.4, 0.5) is 0 Å². The molecule has 4 heteroatoms. The maximum atomic E-state index is 11.3. The number of rotatable bonds is 3. The largest absolute Gasteiger partial charge is 0.483 e. The molecule has 0 saturated heterocycles. The van der Waals surface area contributed by atoms with Gasteiger partial charge in [-0.1, -0.05) is 28.1 Å². The lowest BCUT2D eigenvalue weighted by atomic mass is 10.2. The van der Waals surface area contributed by atoms with Crippen LogP contribution in [-0.4, -0.2) is 4.98 Å². The molecule has 82 valence electrons. The van der Waals surface area contributed by atoms with Crippen LogP contribution in [0.1, 0.15) is 5.56 Å². The van der Waals surface area contributed by atoms with Gasteiger partial charge in [0.05, 0.1) is 0 Å². The normalized spacial score (nSPS) is 10.1. The fourth-order valence-electron chi connectivity index (χ4n) is 1.26. The second-order valence-corrected chi connectivity index (χ2v) is 4.19. The van der Waals surface area contributed by atoms with Gasteiger partial charge in [0.2, 0.25) is 0 Å². The summed E-state index contributed by atoms with van der Waals surface area (Å²) in [5.74, 6) is 0.338. The smallest absolute Gasteiger partial charge is 0.290 e. The second kappa shape index (κ2) is 4.99. The lowest BCUT2D eigenvalue weighted by molar-refractivity contribution is 0.301. The Morgan fingerprint density at radius 1 is 1.19 bits per heavy atom. The molecular weight excluding hydrogens is 270 g/mol. The van der Waals surface area contributed by atoms with Gasteiger partial charge in [-0.25, -0.2) is 0 Å². The molecule has 0 unspecified atom stereocenters. The van der Waals surface area contributed by atoms with E-state index in [0.717, 1.165) is 10.0 Å². The fourth-order valence-corrected chi connectivity index (χ4v) is 1.53. The van der Waals surface area contributed by atoms with Crippen molar-refractivity contribution in [3.8, 4) is 5.75 Å². The van der Waals surface area contributed by atoms with Crippen molar-refractivity contribution in [3.63, 3.8) is 0 Å². The van der Waals surface area contributed by atoms with E-state index in [1.165, 1.54) is 0 Å². The summed E-state index contributed by atoms with van der Waals surface area (Å²) in [5, 5.41) is 0. The van der Waals surface area contributed by atoms with Gasteiger partial charge < -0.3 is 9.72 Å². The first-order valence-electron chi connectivity index (χ1n) is 4.80. The van der Waals surface area contributed by atoms with Crippen molar-refractivity contribution in [3.05, 3.63) is 63.0 Å². The maximum Gasteiger partial charge on any atom is 0.290 e. The van der Waals surface area contributed by atoms with Crippen molar-refractivity contribution in [2.45, 2.75) is 6.61 Å². The summed E-state index contributed by atoms with van der Waals surface area (Å²) in [4.78, 5) is 13.9. The summed E-state index contributed by atoms with van der Waals surface area (Å²) < 4.78 is 6.43. The van der Waals surface area contributed by atoms with Gasteiger partial charge in [0.25, 0.3) is 5.56 Å². The van der Waals surface area contributed by atoms with E-state index < -0.39 is 0 Å². The molecule has 0 aliphatic rings. The lowest BCUT2D eigenvalue weighted by Crippen LogP contribution is -2.09. The predicted molar refractivity (Wildman–Crippen MR) is 65.5 cm³/mol. The summed E-state index contributed by atoms with van der Waals surface area (Å²) in [5.41, 5.74) is 0.811. The Balaban J connectivity index is 2.05. The molecule has 1 aromatic carbocycles. The second-order valence-electron chi connectivity index (χ2n) is 3.28. The number of hydrogen-bond donors (Lipinski definition) is 1. The van der Waals surface area contributed by atoms with Crippen LogP contribution in [0.3, 0.4) is 0 Å². The summed E-state index contributed by atoms with van der Waals surface area (Å²) in [6, 6.07) is 11.2. The molecule has 0 spiro atoms. The van der Waals surface area contributed by atoms with Gasteiger partial charge >= 0.3 is 0 Å². The summed E-state index contributed by atoms with van der Waals surface area (Å²) in [6.45, 7) is 0.389. The molecule has 1 N–H and O–H groups in total. The van der Waals surface area contributed by atoms with Crippen LogP contribution in [0.2, 0.25) is 0 Å². The zero-order chi connectivity index (χ0) is 11.4. The zero-order valence-corrected chi connectivity index (χ0v) is 10.0. The average Bonchev–Trinajstić information content (AvgIpc) is 2.30. The number of H-pyrrole nitrogens is 1. The van der Waals surface area contributed by atoms with Crippen LogP contribution < -0.4 is 10.3 Å². The van der Waals surface area contributed by atoms with Crippen LogP contribution in [0.25, 0.3) is 0 Å². The van der Waals surface area contributed by atoms with Gasteiger partial charge in [0, 0.05) is 10.7 Å². The van der Waals surface area contributed by atoms with Crippen LogP contribution in [0.15, 0.2) is 51.9 Å². The standard InChI is InChI=1S/C12H10BrNO2/c13-10-5-3-9(4-6-10)8-16-11-2-1-7-14-12(11)15/h1-7H,8H2,(H,14,15). The van der Waals surface area contributed by atoms with Crippen molar-refractivity contribution < 1.29 is 4.74 Å². The SMILES string of the molecule is O=c1[nH]cccc1OCc1ccc(Br)cc1. The highest BCUT2D eigenvalue weighted by Crippen LogP contribution is 2.12. The van der Waals surface area contributed by atoms with E-state index in [1.54, 1.807) is 18.3 Å². The van der Waals surface area contributed by atoms with Gasteiger partial charge in [0.15, 0.2) is 5.75 Å². The summed E-state index contributed by atoms with van der Waals surface area (Å²) >= 11 is 3.36. The van der Waals surface area contributed by atoms with Crippen LogP contribution in [0.5, 0.6) is 5.75 Å². The number of nitrogens with one attached hydrogen (secondary N) is 1. The third kappa shape index (κ3) is 2.73. The van der Waals surface area contributed by atoms with E-state index in [9.17, 15) is 4.79 Å². The Kier molecular flexibility index (Phi) is 3.41. The van der Waals surface area contributed by atoms with Crippen molar-refractivity contribution in [1.29, 1.82) is 0 Å². The predicted octanol–water partition coefficient (Wildman–Crippen LogP) is 2.72. The van der Waals surface area contributed by atoms with E-state index in [0.29, 0.717) is 12.4 Å². The van der Waals surface area contributed by atoms with Crippen molar-refractivity contribution in [2.75, 3.05) is 0 Å². The van der Waals surface area contributed by atoms with E-state index in [4.69, 9.17) is 4.74 Å². The number of halogens is 1. The molecule has 0 aliphatic carbocycles. The third-order valence-electron chi connectivity index (χ3n) is 2.09. The van der Waals surface area contributed by atoms with Crippen LogP contribution in [-0.2, 0) is 6.61 Å². The highest BCUT2D eigenvalue weighted by atomic mass is 79.9. The molecule has 0 bridgehead atoms. The molecule has 0 atom stereocenters. The summed E-state index contributed by atoms with van der Waals surface area (Å²) in [7, 11) is 0. The maximum absolute atomic E-state index is 11.3. The van der Waals surface area contributed by atoms with E-state index in [-0.39, 0.29) is 5.56 Å². The number of hydrogen-bond acceptors (Lipinski definition) is 2. The molecule has 1 heterocycles. The molecule has 2 aromatic rings. The molecule has 0 radical (unpaired) electrons. The number of aromatic nitrogens is 1. The van der Waals surface area contributed by atoms with Gasteiger partial charge in [-0.05, 0) is 29.8 Å². The molecule has 3 nitrogen and oxygen atoms in total. The number of pyridine rings is 1. The Labute approximate surface area is 101 Å². The molecule has 0 aliphatic heterocycles. The number of benzene rings is 1. The lowest BCUT2D eigenvalue weighted by Gasteiger charge is -2.04. The minimum absolute atomic E-state index is 0.209. The molecule has 16 heavy (non-hydrogen) atoms. The van der Waals surface area contributed by atoms with Crippen molar-refractivity contribution in [1.82, 2.24) is 4.98 Å². The zero-order valence-electron chi connectivity index (χ0n) is 8.44. The Morgan fingerprint density at radius 3 is 2.62 bits per heavy atom.